The summed E-state index contributed by atoms with van der Waals surface area (Å²) < 4.78 is 0. The number of hydrogen-bond donors (Lipinski definition) is 2. The topological polar surface area (TPSA) is 60.8 Å². The Morgan fingerprint density at radius 2 is 1.81 bits per heavy atom. The van der Waals surface area contributed by atoms with Crippen molar-refractivity contribution in [3.8, 4) is 0 Å². The van der Waals surface area contributed by atoms with E-state index in [0.717, 1.165) is 15.4 Å². The van der Waals surface area contributed by atoms with E-state index in [2.05, 4.69) is 0 Å². The summed E-state index contributed by atoms with van der Waals surface area (Å²) >= 11 is 13.6. The van der Waals surface area contributed by atoms with Crippen molar-refractivity contribution in [2.24, 2.45) is 0 Å². The van der Waals surface area contributed by atoms with Gasteiger partial charge in [0.1, 0.15) is 0 Å². The van der Waals surface area contributed by atoms with Gasteiger partial charge in [-0.15, -0.1) is 0 Å². The molecule has 0 heterocycles. The Hall–Kier alpha value is -1.50. The molecule has 0 saturated heterocycles. The number of nitrogens with zero attached hydrogens (tertiary/aromatic N) is 1. The maximum atomic E-state index is 12.1. The second kappa shape index (κ2) is 10.6. The van der Waals surface area contributed by atoms with Gasteiger partial charge >= 0.3 is 0 Å². The van der Waals surface area contributed by atoms with E-state index in [9.17, 15) is 4.79 Å². The van der Waals surface area contributed by atoms with Crippen molar-refractivity contribution in [2.75, 3.05) is 26.3 Å². The third kappa shape index (κ3) is 6.34. The maximum absolute atomic E-state index is 12.1. The number of hydrogen-bond acceptors (Lipinski definition) is 4. The molecule has 7 heteroatoms. The van der Waals surface area contributed by atoms with Crippen LogP contribution >= 0.6 is 35.0 Å². The van der Waals surface area contributed by atoms with Crippen molar-refractivity contribution < 1.29 is 15.0 Å². The molecule has 2 aromatic carbocycles. The van der Waals surface area contributed by atoms with Crippen LogP contribution in [0.25, 0.3) is 6.08 Å². The van der Waals surface area contributed by atoms with Crippen molar-refractivity contribution in [3.05, 3.63) is 64.1 Å². The van der Waals surface area contributed by atoms with Gasteiger partial charge in [0.15, 0.2) is 0 Å². The van der Waals surface area contributed by atoms with Crippen LogP contribution in [0.3, 0.4) is 0 Å². The molecule has 0 atom stereocenters. The van der Waals surface area contributed by atoms with E-state index < -0.39 is 0 Å². The molecule has 0 aliphatic heterocycles. The summed E-state index contributed by atoms with van der Waals surface area (Å²) in [5.41, 5.74) is 0.862. The molecule has 0 unspecified atom stereocenters. The van der Waals surface area contributed by atoms with Crippen molar-refractivity contribution in [3.63, 3.8) is 0 Å². The second-order valence-corrected chi connectivity index (χ2v) is 7.31. The summed E-state index contributed by atoms with van der Waals surface area (Å²) in [4.78, 5) is 15.4. The number of aliphatic hydroxyl groups is 2. The molecule has 0 bridgehead atoms. The van der Waals surface area contributed by atoms with E-state index in [1.165, 1.54) is 22.7 Å². The highest BCUT2D eigenvalue weighted by atomic mass is 35.5. The Kier molecular flexibility index (Phi) is 8.48. The Morgan fingerprint density at radius 1 is 1.08 bits per heavy atom. The van der Waals surface area contributed by atoms with Crippen LogP contribution in [0.2, 0.25) is 10.0 Å². The Morgan fingerprint density at radius 3 is 2.46 bits per heavy atom. The lowest BCUT2D eigenvalue weighted by molar-refractivity contribution is -0.126. The first-order valence-electron chi connectivity index (χ1n) is 7.95. The number of benzene rings is 2. The minimum absolute atomic E-state index is 0.145. The van der Waals surface area contributed by atoms with Gasteiger partial charge in [-0.25, -0.2) is 0 Å². The minimum Gasteiger partial charge on any atom is -0.395 e. The van der Waals surface area contributed by atoms with E-state index >= 15 is 0 Å². The zero-order valence-electron chi connectivity index (χ0n) is 13.9. The molecule has 0 spiro atoms. The smallest absolute Gasteiger partial charge is 0.246 e. The van der Waals surface area contributed by atoms with Gasteiger partial charge in [-0.3, -0.25) is 4.79 Å². The fourth-order valence-electron chi connectivity index (χ4n) is 2.21. The number of carbonyl (C=O) groups excluding carboxylic acids is 1. The Bertz CT molecular complexity index is 777. The summed E-state index contributed by atoms with van der Waals surface area (Å²) in [5.74, 6) is -0.257. The van der Waals surface area contributed by atoms with Crippen LogP contribution in [0.4, 0.5) is 0 Å². The van der Waals surface area contributed by atoms with Crippen LogP contribution in [0.5, 0.6) is 0 Å². The molecule has 0 aromatic heterocycles. The average Bonchev–Trinajstić information content (AvgIpc) is 2.62. The van der Waals surface area contributed by atoms with Gasteiger partial charge in [-0.1, -0.05) is 47.1 Å². The highest BCUT2D eigenvalue weighted by molar-refractivity contribution is 7.99. The van der Waals surface area contributed by atoms with Crippen LogP contribution in [-0.4, -0.2) is 47.3 Å². The second-order valence-electron chi connectivity index (χ2n) is 5.36. The van der Waals surface area contributed by atoms with Gasteiger partial charge in [-0.2, -0.15) is 0 Å². The van der Waals surface area contributed by atoms with Gasteiger partial charge in [0, 0.05) is 34.0 Å². The van der Waals surface area contributed by atoms with Gasteiger partial charge in [0.2, 0.25) is 5.91 Å². The van der Waals surface area contributed by atoms with E-state index in [-0.39, 0.29) is 32.2 Å². The molecule has 26 heavy (non-hydrogen) atoms. The van der Waals surface area contributed by atoms with Crippen LogP contribution < -0.4 is 0 Å². The molecule has 2 aromatic rings. The van der Waals surface area contributed by atoms with Gasteiger partial charge in [0.25, 0.3) is 0 Å². The standard InChI is InChI=1S/C19H19Cl2NO3S/c20-15-5-6-18(17(21)13-15)26-16-3-1-2-14(12-16)4-7-19(25)22(8-10-23)9-11-24/h1-7,12-13,23-24H,8-11H2/b7-4+. The van der Waals surface area contributed by atoms with Crippen molar-refractivity contribution in [1.82, 2.24) is 4.90 Å². The van der Waals surface area contributed by atoms with E-state index in [1.54, 1.807) is 18.2 Å². The van der Waals surface area contributed by atoms with Crippen molar-refractivity contribution in [1.29, 1.82) is 0 Å². The van der Waals surface area contributed by atoms with Gasteiger partial charge < -0.3 is 15.1 Å². The number of aliphatic hydroxyl groups excluding tert-OH is 2. The fraction of sp³-hybridized carbons (Fsp3) is 0.211. The summed E-state index contributed by atoms with van der Waals surface area (Å²) in [7, 11) is 0. The third-order valence-electron chi connectivity index (χ3n) is 3.45. The lowest BCUT2D eigenvalue weighted by Gasteiger charge is -2.18. The van der Waals surface area contributed by atoms with Crippen LogP contribution in [0.1, 0.15) is 5.56 Å². The molecule has 1 amide bonds. The number of carbonyl (C=O) groups is 1. The first-order valence-corrected chi connectivity index (χ1v) is 9.52. The highest BCUT2D eigenvalue weighted by Gasteiger charge is 2.09. The first-order chi connectivity index (χ1) is 12.5. The largest absolute Gasteiger partial charge is 0.395 e. The zero-order chi connectivity index (χ0) is 18.9. The molecule has 0 saturated carbocycles. The minimum atomic E-state index is -0.257. The predicted octanol–water partition coefficient (Wildman–Crippen LogP) is 3.97. The molecule has 0 fully saturated rings. The molecule has 2 N–H and O–H groups in total. The fourth-order valence-corrected chi connectivity index (χ4v) is 3.63. The SMILES string of the molecule is O=C(/C=C/c1cccc(Sc2ccc(Cl)cc2Cl)c1)N(CCO)CCO. The highest BCUT2D eigenvalue weighted by Crippen LogP contribution is 2.35. The van der Waals surface area contributed by atoms with Crippen LogP contribution in [0.15, 0.2) is 58.3 Å². The molecule has 0 aliphatic carbocycles. The van der Waals surface area contributed by atoms with E-state index in [4.69, 9.17) is 33.4 Å². The molecule has 0 radical (unpaired) electrons. The van der Waals surface area contributed by atoms with Crippen LogP contribution in [-0.2, 0) is 4.79 Å². The Balaban J connectivity index is 2.09. The van der Waals surface area contributed by atoms with Crippen LogP contribution in [0, 0.1) is 0 Å². The average molecular weight is 412 g/mol. The zero-order valence-corrected chi connectivity index (χ0v) is 16.3. The predicted molar refractivity (Wildman–Crippen MR) is 107 cm³/mol. The number of rotatable bonds is 8. The van der Waals surface area contributed by atoms with Crippen molar-refractivity contribution in [2.45, 2.75) is 9.79 Å². The third-order valence-corrected chi connectivity index (χ3v) is 5.18. The van der Waals surface area contributed by atoms with E-state index in [1.807, 2.05) is 30.3 Å². The summed E-state index contributed by atoms with van der Waals surface area (Å²) in [6, 6.07) is 13.0. The quantitative estimate of drug-likeness (QED) is 0.645. The van der Waals surface area contributed by atoms with Gasteiger partial charge in [-0.05, 0) is 42.0 Å². The summed E-state index contributed by atoms with van der Waals surface area (Å²) in [6.45, 7) is 0.0878. The molecular weight excluding hydrogens is 393 g/mol. The molecule has 4 nitrogen and oxygen atoms in total. The summed E-state index contributed by atoms with van der Waals surface area (Å²) in [6.07, 6.45) is 3.14. The number of amides is 1. The Labute approximate surface area is 167 Å². The lowest BCUT2D eigenvalue weighted by Crippen LogP contribution is -2.34. The molecule has 138 valence electrons. The lowest BCUT2D eigenvalue weighted by atomic mass is 10.2. The van der Waals surface area contributed by atoms with Gasteiger partial charge in [0.05, 0.1) is 18.2 Å². The normalized spacial score (nSPS) is 11.1. The van der Waals surface area contributed by atoms with E-state index in [0.29, 0.717) is 10.0 Å². The monoisotopic (exact) mass is 411 g/mol. The molecular formula is C19H19Cl2NO3S. The first kappa shape index (κ1) is 20.8. The van der Waals surface area contributed by atoms with Crippen molar-refractivity contribution >= 4 is 46.9 Å². The number of halogens is 2. The summed E-state index contributed by atoms with van der Waals surface area (Å²) in [5, 5.41) is 19.2. The maximum Gasteiger partial charge on any atom is 0.246 e. The molecule has 0 aliphatic rings. The molecule has 2 rings (SSSR count).